The Hall–Kier alpha value is -1.65. The molecule has 5 nitrogen and oxygen atoms in total. The van der Waals surface area contributed by atoms with Gasteiger partial charge >= 0.3 is 0 Å². The molecule has 2 rings (SSSR count). The standard InChI is InChI=1S/C13H20N4O/c1-2-13(18)17-7-3-4-10(9-17)8-11-5-6-12(14)16-15-11/h5-6,10H,2-4,7-9H2,1H3,(H2,14,16)/t10-/m1/s1. The second-order valence-electron chi connectivity index (χ2n) is 4.86. The van der Waals surface area contributed by atoms with Crippen molar-refractivity contribution in [2.45, 2.75) is 32.6 Å². The normalized spacial score (nSPS) is 19.8. The van der Waals surface area contributed by atoms with E-state index in [1.54, 1.807) is 6.07 Å². The molecule has 98 valence electrons. The maximum atomic E-state index is 11.7. The second-order valence-corrected chi connectivity index (χ2v) is 4.86. The van der Waals surface area contributed by atoms with Crippen LogP contribution in [0.4, 0.5) is 5.82 Å². The third-order valence-corrected chi connectivity index (χ3v) is 3.41. The quantitative estimate of drug-likeness (QED) is 0.873. The molecule has 5 heteroatoms. The molecule has 1 amide bonds. The highest BCUT2D eigenvalue weighted by molar-refractivity contribution is 5.75. The van der Waals surface area contributed by atoms with Crippen LogP contribution >= 0.6 is 0 Å². The summed E-state index contributed by atoms with van der Waals surface area (Å²) >= 11 is 0. The van der Waals surface area contributed by atoms with Crippen molar-refractivity contribution in [3.8, 4) is 0 Å². The molecule has 1 fully saturated rings. The maximum Gasteiger partial charge on any atom is 0.222 e. The number of rotatable bonds is 3. The highest BCUT2D eigenvalue weighted by Crippen LogP contribution is 2.20. The van der Waals surface area contributed by atoms with Gasteiger partial charge in [0.25, 0.3) is 0 Å². The first-order valence-corrected chi connectivity index (χ1v) is 6.55. The lowest BCUT2D eigenvalue weighted by molar-refractivity contribution is -0.132. The van der Waals surface area contributed by atoms with Gasteiger partial charge in [0, 0.05) is 19.5 Å². The summed E-state index contributed by atoms with van der Waals surface area (Å²) in [5.41, 5.74) is 6.47. The summed E-state index contributed by atoms with van der Waals surface area (Å²) < 4.78 is 0. The van der Waals surface area contributed by atoms with E-state index >= 15 is 0 Å². The molecule has 0 spiro atoms. The molecule has 1 aliphatic heterocycles. The summed E-state index contributed by atoms with van der Waals surface area (Å²) in [7, 11) is 0. The zero-order valence-electron chi connectivity index (χ0n) is 10.8. The number of carbonyl (C=O) groups is 1. The lowest BCUT2D eigenvalue weighted by Gasteiger charge is -2.32. The molecule has 1 atom stereocenters. The molecule has 1 saturated heterocycles. The number of nitrogens with two attached hydrogens (primary N) is 1. The maximum absolute atomic E-state index is 11.7. The first-order valence-electron chi connectivity index (χ1n) is 6.55. The van der Waals surface area contributed by atoms with E-state index in [2.05, 4.69) is 10.2 Å². The average Bonchev–Trinajstić information content (AvgIpc) is 2.41. The molecule has 0 unspecified atom stereocenters. The molecular weight excluding hydrogens is 228 g/mol. The number of carbonyl (C=O) groups excluding carboxylic acids is 1. The molecule has 0 bridgehead atoms. The van der Waals surface area contributed by atoms with Gasteiger partial charge in [-0.25, -0.2) is 0 Å². The Balaban J connectivity index is 1.93. The van der Waals surface area contributed by atoms with Gasteiger partial charge in [0.1, 0.15) is 5.82 Å². The van der Waals surface area contributed by atoms with E-state index in [9.17, 15) is 4.79 Å². The fourth-order valence-corrected chi connectivity index (χ4v) is 2.46. The Morgan fingerprint density at radius 1 is 1.50 bits per heavy atom. The number of hydrogen-bond acceptors (Lipinski definition) is 4. The van der Waals surface area contributed by atoms with E-state index in [1.165, 1.54) is 0 Å². The Kier molecular flexibility index (Phi) is 4.12. The first kappa shape index (κ1) is 12.8. The van der Waals surface area contributed by atoms with Crippen LogP contribution in [0.15, 0.2) is 12.1 Å². The van der Waals surface area contributed by atoms with Gasteiger partial charge in [-0.1, -0.05) is 6.92 Å². The SMILES string of the molecule is CCC(=O)N1CCC[C@H](Cc2ccc(N)nn2)C1. The molecule has 2 heterocycles. The smallest absolute Gasteiger partial charge is 0.222 e. The van der Waals surface area contributed by atoms with E-state index < -0.39 is 0 Å². The minimum atomic E-state index is 0.253. The van der Waals surface area contributed by atoms with Gasteiger partial charge in [0.15, 0.2) is 0 Å². The van der Waals surface area contributed by atoms with Gasteiger partial charge < -0.3 is 10.6 Å². The number of hydrogen-bond donors (Lipinski definition) is 1. The van der Waals surface area contributed by atoms with Crippen LogP contribution in [0.5, 0.6) is 0 Å². The van der Waals surface area contributed by atoms with Crippen molar-refractivity contribution in [3.63, 3.8) is 0 Å². The van der Waals surface area contributed by atoms with Gasteiger partial charge in [-0.3, -0.25) is 4.79 Å². The van der Waals surface area contributed by atoms with E-state index in [0.717, 1.165) is 38.0 Å². The Labute approximate surface area is 107 Å². The number of likely N-dealkylation sites (tertiary alicyclic amines) is 1. The predicted octanol–water partition coefficient (Wildman–Crippen LogP) is 1.25. The van der Waals surface area contributed by atoms with Gasteiger partial charge in [0.2, 0.25) is 5.91 Å². The monoisotopic (exact) mass is 248 g/mol. The van der Waals surface area contributed by atoms with E-state index in [4.69, 9.17) is 5.73 Å². The van der Waals surface area contributed by atoms with Crippen LogP contribution in [0.3, 0.4) is 0 Å². The van der Waals surface area contributed by atoms with Crippen molar-refractivity contribution < 1.29 is 4.79 Å². The summed E-state index contributed by atoms with van der Waals surface area (Å²) in [5.74, 6) is 1.19. The summed E-state index contributed by atoms with van der Waals surface area (Å²) in [5, 5.41) is 7.95. The molecular formula is C13H20N4O. The Morgan fingerprint density at radius 3 is 3.00 bits per heavy atom. The number of amides is 1. The lowest BCUT2D eigenvalue weighted by atomic mass is 9.93. The zero-order valence-corrected chi connectivity index (χ0v) is 10.8. The van der Waals surface area contributed by atoms with Crippen molar-refractivity contribution in [2.75, 3.05) is 18.8 Å². The van der Waals surface area contributed by atoms with Crippen molar-refractivity contribution in [1.82, 2.24) is 15.1 Å². The average molecular weight is 248 g/mol. The summed E-state index contributed by atoms with van der Waals surface area (Å²) in [4.78, 5) is 13.7. The number of anilines is 1. The van der Waals surface area contributed by atoms with Gasteiger partial charge in [-0.15, -0.1) is 5.10 Å². The topological polar surface area (TPSA) is 72.1 Å². The molecule has 0 saturated carbocycles. The predicted molar refractivity (Wildman–Crippen MR) is 69.7 cm³/mol. The van der Waals surface area contributed by atoms with Crippen molar-refractivity contribution in [2.24, 2.45) is 5.92 Å². The van der Waals surface area contributed by atoms with Crippen LogP contribution in [0.25, 0.3) is 0 Å². The van der Waals surface area contributed by atoms with E-state index in [-0.39, 0.29) is 5.91 Å². The third-order valence-electron chi connectivity index (χ3n) is 3.41. The third kappa shape index (κ3) is 3.18. The summed E-state index contributed by atoms with van der Waals surface area (Å²) in [6, 6.07) is 3.70. The number of nitrogen functional groups attached to an aromatic ring is 1. The Morgan fingerprint density at radius 2 is 2.33 bits per heavy atom. The zero-order chi connectivity index (χ0) is 13.0. The second kappa shape index (κ2) is 5.80. The molecule has 1 aromatic rings. The first-order chi connectivity index (χ1) is 8.69. The largest absolute Gasteiger partial charge is 0.382 e. The molecule has 1 aromatic heterocycles. The highest BCUT2D eigenvalue weighted by Gasteiger charge is 2.23. The van der Waals surface area contributed by atoms with E-state index in [0.29, 0.717) is 18.2 Å². The van der Waals surface area contributed by atoms with Crippen LogP contribution in [0.1, 0.15) is 31.9 Å². The van der Waals surface area contributed by atoms with E-state index in [1.807, 2.05) is 17.9 Å². The lowest BCUT2D eigenvalue weighted by Crippen LogP contribution is -2.40. The fraction of sp³-hybridized carbons (Fsp3) is 0.615. The molecule has 0 aliphatic carbocycles. The van der Waals surface area contributed by atoms with Crippen molar-refractivity contribution in [3.05, 3.63) is 17.8 Å². The molecule has 0 radical (unpaired) electrons. The highest BCUT2D eigenvalue weighted by atomic mass is 16.2. The van der Waals surface area contributed by atoms with Crippen molar-refractivity contribution >= 4 is 11.7 Å². The van der Waals surface area contributed by atoms with Gasteiger partial charge in [-0.2, -0.15) is 5.10 Å². The molecule has 2 N–H and O–H groups in total. The Bertz CT molecular complexity index is 404. The molecule has 1 aliphatic rings. The molecule has 0 aromatic carbocycles. The van der Waals surface area contributed by atoms with Gasteiger partial charge in [0.05, 0.1) is 5.69 Å². The van der Waals surface area contributed by atoms with Gasteiger partial charge in [-0.05, 0) is 37.3 Å². The van der Waals surface area contributed by atoms with Crippen LogP contribution in [-0.2, 0) is 11.2 Å². The minimum Gasteiger partial charge on any atom is -0.382 e. The molecule has 18 heavy (non-hydrogen) atoms. The van der Waals surface area contributed by atoms with Crippen LogP contribution in [0, 0.1) is 5.92 Å². The van der Waals surface area contributed by atoms with Crippen LogP contribution in [0.2, 0.25) is 0 Å². The summed E-state index contributed by atoms with van der Waals surface area (Å²) in [6.07, 6.45) is 3.70. The number of nitrogens with zero attached hydrogens (tertiary/aromatic N) is 3. The summed E-state index contributed by atoms with van der Waals surface area (Å²) in [6.45, 7) is 3.66. The minimum absolute atomic E-state index is 0.253. The number of piperidine rings is 1. The van der Waals surface area contributed by atoms with Crippen molar-refractivity contribution in [1.29, 1.82) is 0 Å². The van der Waals surface area contributed by atoms with Crippen LogP contribution in [-0.4, -0.2) is 34.1 Å². The fourth-order valence-electron chi connectivity index (χ4n) is 2.46. The number of aromatic nitrogens is 2. The van der Waals surface area contributed by atoms with Crippen LogP contribution < -0.4 is 5.73 Å².